The summed E-state index contributed by atoms with van der Waals surface area (Å²) in [5.41, 5.74) is 2.17. The Morgan fingerprint density at radius 2 is 1.67 bits per heavy atom. The van der Waals surface area contributed by atoms with Crippen molar-refractivity contribution in [2.75, 3.05) is 34.2 Å². The first-order valence-corrected chi connectivity index (χ1v) is 16.1. The van der Waals surface area contributed by atoms with E-state index in [0.29, 0.717) is 30.1 Å². The van der Waals surface area contributed by atoms with E-state index in [-0.39, 0.29) is 36.6 Å². The molecular weight excluding hydrogens is 620 g/mol. The molecule has 3 fully saturated rings. The van der Waals surface area contributed by atoms with Gasteiger partial charge in [-0.25, -0.2) is 0 Å². The number of cyclic esters (lactones) is 1. The summed E-state index contributed by atoms with van der Waals surface area (Å²) in [6.45, 7) is 0.474. The molecular formula is C33H34O12S. The monoisotopic (exact) mass is 654 g/mol. The highest BCUT2D eigenvalue weighted by molar-refractivity contribution is 7.10. The molecule has 2 saturated heterocycles. The van der Waals surface area contributed by atoms with Gasteiger partial charge in [-0.15, -0.1) is 11.3 Å². The second-order valence-corrected chi connectivity index (χ2v) is 13.2. The number of hydrogen-bond acceptors (Lipinski definition) is 13. The zero-order valence-corrected chi connectivity index (χ0v) is 25.9. The minimum atomic E-state index is -1.25. The van der Waals surface area contributed by atoms with Gasteiger partial charge in [0.1, 0.15) is 12.2 Å². The molecule has 8 rings (SSSR count). The number of fused-ring (bicyclic) bond motifs is 4. The van der Waals surface area contributed by atoms with Gasteiger partial charge in [0.15, 0.2) is 29.3 Å². The maximum Gasteiger partial charge on any atom is 0.310 e. The summed E-state index contributed by atoms with van der Waals surface area (Å²) in [5, 5.41) is 35.3. The average Bonchev–Trinajstić information content (AvgIpc) is 3.85. The number of aromatic hydroxyl groups is 1. The van der Waals surface area contributed by atoms with Gasteiger partial charge in [0.2, 0.25) is 12.5 Å². The molecule has 12 nitrogen and oxygen atoms in total. The Morgan fingerprint density at radius 1 is 0.935 bits per heavy atom. The van der Waals surface area contributed by atoms with Crippen molar-refractivity contribution >= 4 is 17.3 Å². The highest BCUT2D eigenvalue weighted by Crippen LogP contribution is 2.57. The largest absolute Gasteiger partial charge is 0.502 e. The van der Waals surface area contributed by atoms with Crippen molar-refractivity contribution in [2.45, 2.75) is 49.1 Å². The van der Waals surface area contributed by atoms with E-state index < -0.39 is 60.5 Å². The number of phenolic OH excluding ortho intramolecular Hbond substituents is 1. The summed E-state index contributed by atoms with van der Waals surface area (Å²) < 4.78 is 47.0. The maximum atomic E-state index is 13.5. The number of aliphatic hydroxyl groups excluding tert-OH is 2. The van der Waals surface area contributed by atoms with Crippen LogP contribution in [-0.2, 0) is 23.7 Å². The van der Waals surface area contributed by atoms with E-state index in [1.54, 1.807) is 12.1 Å². The predicted molar refractivity (Wildman–Crippen MR) is 159 cm³/mol. The van der Waals surface area contributed by atoms with Crippen LogP contribution < -0.4 is 18.9 Å². The van der Waals surface area contributed by atoms with Crippen molar-refractivity contribution in [2.24, 2.45) is 17.8 Å². The van der Waals surface area contributed by atoms with Gasteiger partial charge < -0.3 is 53.2 Å². The summed E-state index contributed by atoms with van der Waals surface area (Å²) in [5.74, 6) is -0.960. The Bertz CT molecular complexity index is 1600. The SMILES string of the molecule is COc1cc([C@@H]2c3cc4c(cc3[C@@H](O[C@@H]3C[C@@H]5COC(c6cccs6)O[C@H]5[C@H](O)[C@H]3O)[C@H]3COC(=O)[C@H]23)OCO4)cc(OC)c1O. The molecule has 5 aliphatic rings. The lowest BCUT2D eigenvalue weighted by atomic mass is 9.66. The number of thiophene rings is 1. The average molecular weight is 655 g/mol. The number of carbonyl (C=O) groups excluding carboxylic acids is 1. The van der Waals surface area contributed by atoms with Crippen LogP contribution in [0, 0.1) is 17.8 Å². The Morgan fingerprint density at radius 3 is 2.37 bits per heavy atom. The van der Waals surface area contributed by atoms with Gasteiger partial charge in [-0.1, -0.05) is 6.07 Å². The third-order valence-corrected chi connectivity index (χ3v) is 10.8. The maximum absolute atomic E-state index is 13.5. The quantitative estimate of drug-likeness (QED) is 0.334. The molecule has 0 bridgehead atoms. The van der Waals surface area contributed by atoms with Crippen LogP contribution in [0.3, 0.4) is 0 Å². The minimum Gasteiger partial charge on any atom is -0.502 e. The summed E-state index contributed by atoms with van der Waals surface area (Å²) >= 11 is 1.50. The standard InChI is InChI=1S/C33H34O12S/c1-38-21-6-14(7-22(39-2)27(21)34)25-16-9-19-20(43-13-42-19)10-17(16)31(18-12-40-32(37)26(18)25)44-23-8-15-11-41-33(24-4-3-5-46-24)45-30(15)29(36)28(23)35/h3-7,9-10,15,18,23,25-26,28-31,33-36H,8,11-13H2,1-2H3/t15-,18+,23-,25-,26+,28+,29-,30-,31-,33?/m1/s1. The lowest BCUT2D eigenvalue weighted by Gasteiger charge is -2.48. The van der Waals surface area contributed by atoms with Crippen molar-refractivity contribution in [3.63, 3.8) is 0 Å². The number of carbonyl (C=O) groups is 1. The van der Waals surface area contributed by atoms with Crippen molar-refractivity contribution < 1.29 is 58.0 Å². The predicted octanol–water partition coefficient (Wildman–Crippen LogP) is 3.42. The molecule has 4 heterocycles. The molecule has 1 unspecified atom stereocenters. The molecule has 3 N–H and O–H groups in total. The van der Waals surface area contributed by atoms with E-state index in [1.807, 2.05) is 29.6 Å². The van der Waals surface area contributed by atoms with E-state index in [1.165, 1.54) is 25.6 Å². The molecule has 0 spiro atoms. The Balaban J connectivity index is 1.16. The van der Waals surface area contributed by atoms with Crippen molar-refractivity contribution in [3.8, 4) is 28.7 Å². The Kier molecular flexibility index (Phi) is 7.50. The van der Waals surface area contributed by atoms with Crippen LogP contribution in [0.2, 0.25) is 0 Å². The summed E-state index contributed by atoms with van der Waals surface area (Å²) in [6, 6.07) is 10.9. The van der Waals surface area contributed by atoms with Crippen LogP contribution in [-0.4, -0.2) is 79.9 Å². The molecule has 3 aromatic rings. The summed E-state index contributed by atoms with van der Waals surface area (Å²) in [7, 11) is 2.89. The lowest BCUT2D eigenvalue weighted by Crippen LogP contribution is -2.58. The number of ether oxygens (including phenoxy) is 8. The van der Waals surface area contributed by atoms with E-state index in [2.05, 4.69) is 0 Å². The van der Waals surface area contributed by atoms with Gasteiger partial charge in [0, 0.05) is 17.8 Å². The molecule has 244 valence electrons. The highest BCUT2D eigenvalue weighted by Gasteiger charge is 2.55. The first kappa shape index (κ1) is 29.8. The Labute approximate surface area is 268 Å². The molecule has 46 heavy (non-hydrogen) atoms. The Hall–Kier alpha value is -3.59. The molecule has 1 saturated carbocycles. The van der Waals surface area contributed by atoms with Gasteiger partial charge in [-0.3, -0.25) is 4.79 Å². The van der Waals surface area contributed by atoms with Crippen molar-refractivity contribution in [3.05, 3.63) is 63.3 Å². The zero-order chi connectivity index (χ0) is 31.7. The van der Waals surface area contributed by atoms with Gasteiger partial charge in [-0.2, -0.15) is 0 Å². The molecule has 3 aliphatic heterocycles. The fourth-order valence-corrected chi connectivity index (χ4v) is 8.40. The van der Waals surface area contributed by atoms with Crippen LogP contribution in [0.25, 0.3) is 0 Å². The molecule has 2 aliphatic carbocycles. The van der Waals surface area contributed by atoms with Crippen LogP contribution in [0.15, 0.2) is 41.8 Å². The number of methoxy groups -OCH3 is 2. The summed E-state index contributed by atoms with van der Waals surface area (Å²) in [6.07, 6.45) is -4.80. The number of esters is 1. The smallest absolute Gasteiger partial charge is 0.310 e. The summed E-state index contributed by atoms with van der Waals surface area (Å²) in [4.78, 5) is 14.4. The minimum absolute atomic E-state index is 0.0488. The molecule has 1 aromatic heterocycles. The second kappa shape index (κ2) is 11.6. The zero-order valence-electron chi connectivity index (χ0n) is 25.1. The van der Waals surface area contributed by atoms with Crippen LogP contribution in [0.4, 0.5) is 0 Å². The first-order valence-electron chi connectivity index (χ1n) is 15.2. The second-order valence-electron chi connectivity index (χ2n) is 12.3. The van der Waals surface area contributed by atoms with Gasteiger partial charge in [-0.05, 0) is 58.8 Å². The highest BCUT2D eigenvalue weighted by atomic mass is 32.1. The number of aliphatic hydroxyl groups is 2. The molecule has 13 heteroatoms. The van der Waals surface area contributed by atoms with Gasteiger partial charge >= 0.3 is 5.97 Å². The molecule has 0 amide bonds. The van der Waals surface area contributed by atoms with Crippen LogP contribution in [0.1, 0.15) is 46.3 Å². The van der Waals surface area contributed by atoms with Crippen molar-refractivity contribution in [1.29, 1.82) is 0 Å². The molecule has 0 radical (unpaired) electrons. The number of benzene rings is 2. The van der Waals surface area contributed by atoms with Crippen molar-refractivity contribution in [1.82, 2.24) is 0 Å². The van der Waals surface area contributed by atoms with E-state index in [9.17, 15) is 20.1 Å². The number of rotatable bonds is 6. The van der Waals surface area contributed by atoms with E-state index in [4.69, 9.17) is 37.9 Å². The number of phenols is 1. The molecule has 2 aromatic carbocycles. The van der Waals surface area contributed by atoms with E-state index in [0.717, 1.165) is 16.0 Å². The lowest BCUT2D eigenvalue weighted by molar-refractivity contribution is -0.297. The molecule has 10 atom stereocenters. The normalized spacial score (nSPS) is 34.3. The van der Waals surface area contributed by atoms with Crippen LogP contribution in [0.5, 0.6) is 28.7 Å². The fourth-order valence-electron chi connectivity index (χ4n) is 7.69. The topological polar surface area (TPSA) is 152 Å². The van der Waals surface area contributed by atoms with E-state index >= 15 is 0 Å². The fraction of sp³-hybridized carbons (Fsp3) is 0.485. The third-order valence-electron chi connectivity index (χ3n) is 9.89. The van der Waals surface area contributed by atoms with Crippen LogP contribution >= 0.6 is 11.3 Å². The third kappa shape index (κ3) is 4.71. The number of hydrogen-bond donors (Lipinski definition) is 3. The first-order chi connectivity index (χ1) is 22.4. The van der Waals surface area contributed by atoms with Gasteiger partial charge in [0.05, 0.1) is 56.5 Å². The van der Waals surface area contributed by atoms with Gasteiger partial charge in [0.25, 0.3) is 0 Å².